The van der Waals surface area contributed by atoms with Crippen molar-refractivity contribution in [2.75, 3.05) is 32.8 Å². The molecule has 25 heavy (non-hydrogen) atoms. The van der Waals surface area contributed by atoms with E-state index in [9.17, 15) is 13.2 Å². The SMILES string of the molecule is CCOc1ccc(S(=O)(=O)N2CCN(C(=O)c3ccsc3)CC2)cc1. The van der Waals surface area contributed by atoms with Gasteiger partial charge in [0.15, 0.2) is 0 Å². The van der Waals surface area contributed by atoms with Crippen LogP contribution in [-0.2, 0) is 10.0 Å². The number of carbonyl (C=O) groups excluding carboxylic acids is 1. The van der Waals surface area contributed by atoms with E-state index in [1.54, 1.807) is 35.2 Å². The minimum atomic E-state index is -3.55. The number of piperazine rings is 1. The second-order valence-corrected chi connectivity index (χ2v) is 8.33. The van der Waals surface area contributed by atoms with Gasteiger partial charge in [-0.1, -0.05) is 0 Å². The van der Waals surface area contributed by atoms with Crippen LogP contribution in [0.2, 0.25) is 0 Å². The predicted octanol–water partition coefficient (Wildman–Crippen LogP) is 2.29. The van der Waals surface area contributed by atoms with Crippen LogP contribution in [0.5, 0.6) is 5.75 Å². The molecule has 0 unspecified atom stereocenters. The van der Waals surface area contributed by atoms with E-state index >= 15 is 0 Å². The number of hydrogen-bond donors (Lipinski definition) is 0. The summed E-state index contributed by atoms with van der Waals surface area (Å²) in [4.78, 5) is 14.3. The lowest BCUT2D eigenvalue weighted by Crippen LogP contribution is -2.50. The molecule has 0 bridgehead atoms. The third-order valence-electron chi connectivity index (χ3n) is 4.07. The molecule has 0 saturated carbocycles. The average Bonchev–Trinajstić information content (AvgIpc) is 3.17. The molecule has 0 radical (unpaired) electrons. The highest BCUT2D eigenvalue weighted by Crippen LogP contribution is 2.21. The highest BCUT2D eigenvalue weighted by atomic mass is 32.2. The summed E-state index contributed by atoms with van der Waals surface area (Å²) in [6, 6.07) is 8.22. The lowest BCUT2D eigenvalue weighted by Gasteiger charge is -2.33. The summed E-state index contributed by atoms with van der Waals surface area (Å²) < 4.78 is 32.3. The van der Waals surface area contributed by atoms with Gasteiger partial charge in [0.2, 0.25) is 10.0 Å². The zero-order chi connectivity index (χ0) is 17.9. The van der Waals surface area contributed by atoms with Gasteiger partial charge in [0.1, 0.15) is 5.75 Å². The van der Waals surface area contributed by atoms with E-state index in [1.807, 2.05) is 17.7 Å². The lowest BCUT2D eigenvalue weighted by atomic mass is 10.2. The molecule has 0 aliphatic carbocycles. The minimum Gasteiger partial charge on any atom is -0.494 e. The summed E-state index contributed by atoms with van der Waals surface area (Å²) in [5, 5.41) is 3.67. The number of sulfonamides is 1. The number of nitrogens with zero attached hydrogens (tertiary/aromatic N) is 2. The maximum absolute atomic E-state index is 12.7. The fourth-order valence-electron chi connectivity index (χ4n) is 2.72. The molecule has 1 aromatic heterocycles. The Bertz CT molecular complexity index is 809. The van der Waals surface area contributed by atoms with Gasteiger partial charge in [0, 0.05) is 31.6 Å². The summed E-state index contributed by atoms with van der Waals surface area (Å²) in [6.45, 7) is 3.79. The van der Waals surface area contributed by atoms with Gasteiger partial charge in [-0.25, -0.2) is 8.42 Å². The maximum Gasteiger partial charge on any atom is 0.254 e. The first-order valence-corrected chi connectivity index (χ1v) is 10.4. The Hall–Kier alpha value is -1.90. The second-order valence-electron chi connectivity index (χ2n) is 5.61. The molecule has 6 nitrogen and oxygen atoms in total. The number of carbonyl (C=O) groups is 1. The van der Waals surface area contributed by atoms with Gasteiger partial charge in [-0.05, 0) is 42.6 Å². The molecule has 0 atom stereocenters. The Morgan fingerprint density at radius 2 is 1.80 bits per heavy atom. The predicted molar refractivity (Wildman–Crippen MR) is 96.6 cm³/mol. The summed E-state index contributed by atoms with van der Waals surface area (Å²) in [5.41, 5.74) is 0.660. The van der Waals surface area contributed by atoms with E-state index in [-0.39, 0.29) is 10.8 Å². The van der Waals surface area contributed by atoms with Crippen molar-refractivity contribution in [2.24, 2.45) is 0 Å². The molecule has 1 amide bonds. The van der Waals surface area contributed by atoms with E-state index < -0.39 is 10.0 Å². The van der Waals surface area contributed by atoms with E-state index in [1.165, 1.54) is 15.6 Å². The minimum absolute atomic E-state index is 0.0423. The van der Waals surface area contributed by atoms with E-state index in [0.29, 0.717) is 44.1 Å². The summed E-state index contributed by atoms with van der Waals surface area (Å²) in [6.07, 6.45) is 0. The first kappa shape index (κ1) is 17.9. The molecule has 134 valence electrons. The molecule has 2 heterocycles. The molecular formula is C17H20N2O4S2. The zero-order valence-corrected chi connectivity index (χ0v) is 15.6. The Balaban J connectivity index is 1.66. The number of ether oxygens (including phenoxy) is 1. The molecule has 1 fully saturated rings. The van der Waals surface area contributed by atoms with E-state index in [0.717, 1.165) is 0 Å². The number of hydrogen-bond acceptors (Lipinski definition) is 5. The fourth-order valence-corrected chi connectivity index (χ4v) is 4.78. The topological polar surface area (TPSA) is 66.9 Å². The van der Waals surface area contributed by atoms with Crippen LogP contribution < -0.4 is 4.74 Å². The Labute approximate surface area is 151 Å². The molecule has 1 aromatic carbocycles. The van der Waals surface area contributed by atoms with Crippen molar-refractivity contribution < 1.29 is 17.9 Å². The standard InChI is InChI=1S/C17H20N2O4S2/c1-2-23-15-3-5-16(6-4-15)25(21,22)19-10-8-18(9-11-19)17(20)14-7-12-24-13-14/h3-7,12-13H,2,8-11H2,1H3. The molecule has 8 heteroatoms. The number of amides is 1. The van der Waals surface area contributed by atoms with Crippen molar-refractivity contribution >= 4 is 27.3 Å². The van der Waals surface area contributed by atoms with Crippen LogP contribution in [0.15, 0.2) is 46.0 Å². The number of thiophene rings is 1. The number of rotatable bonds is 5. The quantitative estimate of drug-likeness (QED) is 0.798. The summed E-state index contributed by atoms with van der Waals surface area (Å²) in [7, 11) is -3.55. The van der Waals surface area contributed by atoms with Crippen molar-refractivity contribution in [1.29, 1.82) is 0 Å². The van der Waals surface area contributed by atoms with Gasteiger partial charge in [0.05, 0.1) is 17.1 Å². The Morgan fingerprint density at radius 3 is 2.36 bits per heavy atom. The smallest absolute Gasteiger partial charge is 0.254 e. The van der Waals surface area contributed by atoms with Crippen LogP contribution in [-0.4, -0.2) is 56.3 Å². The van der Waals surface area contributed by atoms with Gasteiger partial charge in [-0.3, -0.25) is 4.79 Å². The molecule has 1 saturated heterocycles. The lowest BCUT2D eigenvalue weighted by molar-refractivity contribution is 0.0698. The van der Waals surface area contributed by atoms with Gasteiger partial charge in [0.25, 0.3) is 5.91 Å². The van der Waals surface area contributed by atoms with Crippen molar-refractivity contribution in [2.45, 2.75) is 11.8 Å². The Morgan fingerprint density at radius 1 is 1.12 bits per heavy atom. The second kappa shape index (κ2) is 7.55. The molecule has 1 aliphatic heterocycles. The third-order valence-corrected chi connectivity index (χ3v) is 6.66. The molecule has 0 spiro atoms. The molecule has 3 rings (SSSR count). The largest absolute Gasteiger partial charge is 0.494 e. The van der Waals surface area contributed by atoms with Crippen LogP contribution in [0.4, 0.5) is 0 Å². The van der Waals surface area contributed by atoms with Gasteiger partial charge in [-0.2, -0.15) is 15.6 Å². The highest BCUT2D eigenvalue weighted by Gasteiger charge is 2.30. The van der Waals surface area contributed by atoms with E-state index in [4.69, 9.17) is 4.74 Å². The molecule has 1 aliphatic rings. The average molecular weight is 380 g/mol. The monoisotopic (exact) mass is 380 g/mol. The van der Waals surface area contributed by atoms with Gasteiger partial charge < -0.3 is 9.64 Å². The molecular weight excluding hydrogens is 360 g/mol. The molecule has 0 N–H and O–H groups in total. The fraction of sp³-hybridized carbons (Fsp3) is 0.353. The first-order chi connectivity index (χ1) is 12.0. The van der Waals surface area contributed by atoms with Crippen LogP contribution >= 0.6 is 11.3 Å². The van der Waals surface area contributed by atoms with E-state index in [2.05, 4.69) is 0 Å². The van der Waals surface area contributed by atoms with Crippen molar-refractivity contribution in [3.05, 3.63) is 46.7 Å². The van der Waals surface area contributed by atoms with Crippen molar-refractivity contribution in [3.63, 3.8) is 0 Å². The molecule has 2 aromatic rings. The first-order valence-electron chi connectivity index (χ1n) is 8.07. The highest BCUT2D eigenvalue weighted by molar-refractivity contribution is 7.89. The van der Waals surface area contributed by atoms with Gasteiger partial charge >= 0.3 is 0 Å². The van der Waals surface area contributed by atoms with Crippen LogP contribution in [0.1, 0.15) is 17.3 Å². The normalized spacial score (nSPS) is 16.0. The summed E-state index contributed by atoms with van der Waals surface area (Å²) in [5.74, 6) is 0.604. The van der Waals surface area contributed by atoms with Crippen LogP contribution in [0, 0.1) is 0 Å². The zero-order valence-electron chi connectivity index (χ0n) is 13.9. The maximum atomic E-state index is 12.7. The Kier molecular flexibility index (Phi) is 5.41. The van der Waals surface area contributed by atoms with Gasteiger partial charge in [-0.15, -0.1) is 0 Å². The summed E-state index contributed by atoms with van der Waals surface area (Å²) >= 11 is 1.47. The van der Waals surface area contributed by atoms with Crippen molar-refractivity contribution in [3.8, 4) is 5.75 Å². The van der Waals surface area contributed by atoms with Crippen LogP contribution in [0.3, 0.4) is 0 Å². The number of benzene rings is 1. The third kappa shape index (κ3) is 3.86. The van der Waals surface area contributed by atoms with Crippen LogP contribution in [0.25, 0.3) is 0 Å². The van der Waals surface area contributed by atoms with Crippen molar-refractivity contribution in [1.82, 2.24) is 9.21 Å².